The summed E-state index contributed by atoms with van der Waals surface area (Å²) >= 11 is 1.28. The fourth-order valence-electron chi connectivity index (χ4n) is 3.57. The SMILES string of the molecule is CC1CCN(c2nnc(SCC(=O)Nc3ccc(OC(F)F)cc3)n2Cc2ccco2)CC1. The van der Waals surface area contributed by atoms with Crippen LogP contribution >= 0.6 is 11.8 Å². The van der Waals surface area contributed by atoms with E-state index in [0.29, 0.717) is 23.3 Å². The second kappa shape index (κ2) is 10.7. The molecule has 33 heavy (non-hydrogen) atoms. The second-order valence-corrected chi connectivity index (χ2v) is 8.80. The minimum atomic E-state index is -2.89. The zero-order chi connectivity index (χ0) is 23.2. The molecule has 1 N–H and O–H groups in total. The molecule has 4 rings (SSSR count). The predicted octanol–water partition coefficient (Wildman–Crippen LogP) is 4.49. The third-order valence-corrected chi connectivity index (χ3v) is 6.32. The Bertz CT molecular complexity index is 1030. The topological polar surface area (TPSA) is 85.4 Å². The molecule has 3 heterocycles. The number of nitrogens with zero attached hydrogens (tertiary/aromatic N) is 4. The molecule has 0 spiro atoms. The number of carbonyl (C=O) groups excluding carboxylic acids is 1. The quantitative estimate of drug-likeness (QED) is 0.455. The Morgan fingerprint density at radius 2 is 2.00 bits per heavy atom. The largest absolute Gasteiger partial charge is 0.467 e. The number of nitrogens with one attached hydrogen (secondary N) is 1. The van der Waals surface area contributed by atoms with Crippen molar-refractivity contribution in [1.29, 1.82) is 0 Å². The molecule has 1 aromatic carbocycles. The van der Waals surface area contributed by atoms with Gasteiger partial charge >= 0.3 is 6.61 Å². The van der Waals surface area contributed by atoms with Gasteiger partial charge in [-0.1, -0.05) is 18.7 Å². The number of hydrogen-bond acceptors (Lipinski definition) is 7. The zero-order valence-corrected chi connectivity index (χ0v) is 18.9. The molecule has 1 saturated heterocycles. The highest BCUT2D eigenvalue weighted by atomic mass is 32.2. The highest BCUT2D eigenvalue weighted by Crippen LogP contribution is 2.27. The molecule has 0 saturated carbocycles. The van der Waals surface area contributed by atoms with E-state index in [-0.39, 0.29) is 17.4 Å². The summed E-state index contributed by atoms with van der Waals surface area (Å²) in [7, 11) is 0. The van der Waals surface area contributed by atoms with Crippen LogP contribution in [0.4, 0.5) is 20.4 Å². The lowest BCUT2D eigenvalue weighted by atomic mass is 10.00. The molecule has 2 aromatic heterocycles. The van der Waals surface area contributed by atoms with Crippen molar-refractivity contribution in [2.75, 3.05) is 29.1 Å². The van der Waals surface area contributed by atoms with Crippen LogP contribution in [-0.4, -0.2) is 46.1 Å². The van der Waals surface area contributed by atoms with Crippen LogP contribution in [0.15, 0.2) is 52.2 Å². The molecular weight excluding hydrogens is 452 g/mol. The highest BCUT2D eigenvalue weighted by molar-refractivity contribution is 7.99. The van der Waals surface area contributed by atoms with Crippen molar-refractivity contribution in [3.63, 3.8) is 0 Å². The predicted molar refractivity (Wildman–Crippen MR) is 121 cm³/mol. The summed E-state index contributed by atoms with van der Waals surface area (Å²) < 4.78 is 36.3. The minimum absolute atomic E-state index is 0.0306. The van der Waals surface area contributed by atoms with E-state index in [4.69, 9.17) is 4.42 Å². The first-order valence-electron chi connectivity index (χ1n) is 10.7. The maximum atomic E-state index is 12.5. The van der Waals surface area contributed by atoms with Crippen LogP contribution in [-0.2, 0) is 11.3 Å². The number of carbonyl (C=O) groups is 1. The van der Waals surface area contributed by atoms with Crippen LogP contribution in [0.3, 0.4) is 0 Å². The number of alkyl halides is 2. The molecule has 1 fully saturated rings. The van der Waals surface area contributed by atoms with E-state index < -0.39 is 6.61 Å². The van der Waals surface area contributed by atoms with E-state index in [1.807, 2.05) is 16.7 Å². The molecule has 0 bridgehead atoms. The number of anilines is 2. The van der Waals surface area contributed by atoms with Crippen LogP contribution in [0.5, 0.6) is 5.75 Å². The van der Waals surface area contributed by atoms with Gasteiger partial charge in [0.05, 0.1) is 18.6 Å². The van der Waals surface area contributed by atoms with Crippen molar-refractivity contribution in [1.82, 2.24) is 14.8 Å². The number of amides is 1. The Labute approximate surface area is 194 Å². The lowest BCUT2D eigenvalue weighted by Crippen LogP contribution is -2.35. The molecule has 0 radical (unpaired) electrons. The summed E-state index contributed by atoms with van der Waals surface area (Å²) in [5.41, 5.74) is 0.488. The molecule has 1 aliphatic heterocycles. The highest BCUT2D eigenvalue weighted by Gasteiger charge is 2.23. The first-order valence-corrected chi connectivity index (χ1v) is 11.6. The molecule has 8 nitrogen and oxygen atoms in total. The van der Waals surface area contributed by atoms with Crippen molar-refractivity contribution in [2.24, 2.45) is 5.92 Å². The van der Waals surface area contributed by atoms with Gasteiger partial charge in [-0.05, 0) is 55.2 Å². The monoisotopic (exact) mass is 477 g/mol. The van der Waals surface area contributed by atoms with Gasteiger partial charge in [-0.2, -0.15) is 8.78 Å². The minimum Gasteiger partial charge on any atom is -0.467 e. The number of aromatic nitrogens is 3. The van der Waals surface area contributed by atoms with Crippen molar-refractivity contribution in [3.05, 3.63) is 48.4 Å². The molecule has 0 atom stereocenters. The summed E-state index contributed by atoms with van der Waals surface area (Å²) in [6.07, 6.45) is 3.82. The van der Waals surface area contributed by atoms with Gasteiger partial charge in [0.2, 0.25) is 11.9 Å². The van der Waals surface area contributed by atoms with Crippen LogP contribution in [0.1, 0.15) is 25.5 Å². The maximum absolute atomic E-state index is 12.5. The molecule has 0 aliphatic carbocycles. The number of hydrogen-bond donors (Lipinski definition) is 1. The van der Waals surface area contributed by atoms with Gasteiger partial charge in [0.15, 0.2) is 5.16 Å². The molecule has 176 valence electrons. The lowest BCUT2D eigenvalue weighted by Gasteiger charge is -2.31. The fraction of sp³-hybridized carbons (Fsp3) is 0.409. The van der Waals surface area contributed by atoms with Crippen molar-refractivity contribution >= 4 is 29.3 Å². The summed E-state index contributed by atoms with van der Waals surface area (Å²) in [4.78, 5) is 14.7. The first kappa shape index (κ1) is 23.1. The van der Waals surface area contributed by atoms with E-state index in [2.05, 4.69) is 32.1 Å². The summed E-state index contributed by atoms with van der Waals surface area (Å²) in [6, 6.07) is 9.50. The Morgan fingerprint density at radius 1 is 1.24 bits per heavy atom. The summed E-state index contributed by atoms with van der Waals surface area (Å²) in [5.74, 6) is 2.14. The Kier molecular flexibility index (Phi) is 7.48. The van der Waals surface area contributed by atoms with E-state index in [9.17, 15) is 13.6 Å². The third kappa shape index (κ3) is 6.25. The van der Waals surface area contributed by atoms with Crippen molar-refractivity contribution in [2.45, 2.75) is 38.1 Å². The number of furan rings is 1. The molecule has 11 heteroatoms. The molecule has 0 unspecified atom stereocenters. The third-order valence-electron chi connectivity index (χ3n) is 5.35. The van der Waals surface area contributed by atoms with Gasteiger partial charge in [0.1, 0.15) is 11.5 Å². The van der Waals surface area contributed by atoms with Gasteiger partial charge in [0, 0.05) is 18.8 Å². The number of halogens is 2. The van der Waals surface area contributed by atoms with Crippen molar-refractivity contribution in [3.8, 4) is 5.75 Å². The average Bonchev–Trinajstić information content (AvgIpc) is 3.44. The first-order chi connectivity index (χ1) is 16.0. The fourth-order valence-corrected chi connectivity index (χ4v) is 4.31. The van der Waals surface area contributed by atoms with Crippen LogP contribution < -0.4 is 15.0 Å². The maximum Gasteiger partial charge on any atom is 0.387 e. The van der Waals surface area contributed by atoms with Gasteiger partial charge in [-0.25, -0.2) is 0 Å². The molecule has 3 aromatic rings. The van der Waals surface area contributed by atoms with E-state index in [1.54, 1.807) is 6.26 Å². The number of rotatable bonds is 9. The van der Waals surface area contributed by atoms with Gasteiger partial charge in [0.25, 0.3) is 0 Å². The number of thioether (sulfide) groups is 1. The van der Waals surface area contributed by atoms with Crippen LogP contribution in [0, 0.1) is 5.92 Å². The summed E-state index contributed by atoms with van der Waals surface area (Å²) in [6.45, 7) is 1.65. The zero-order valence-electron chi connectivity index (χ0n) is 18.1. The second-order valence-electron chi connectivity index (χ2n) is 7.86. The van der Waals surface area contributed by atoms with Crippen LogP contribution in [0.2, 0.25) is 0 Å². The Morgan fingerprint density at radius 3 is 2.67 bits per heavy atom. The van der Waals surface area contributed by atoms with E-state index >= 15 is 0 Å². The summed E-state index contributed by atoms with van der Waals surface area (Å²) in [5, 5.41) is 12.1. The average molecular weight is 478 g/mol. The number of benzene rings is 1. The van der Waals surface area contributed by atoms with Gasteiger partial charge in [-0.15, -0.1) is 10.2 Å². The molecule has 1 amide bonds. The van der Waals surface area contributed by atoms with Crippen molar-refractivity contribution < 1.29 is 22.7 Å². The Balaban J connectivity index is 1.41. The van der Waals surface area contributed by atoms with Gasteiger partial charge in [-0.3, -0.25) is 9.36 Å². The lowest BCUT2D eigenvalue weighted by molar-refractivity contribution is -0.113. The van der Waals surface area contributed by atoms with E-state index in [1.165, 1.54) is 36.0 Å². The normalized spacial score (nSPS) is 14.6. The van der Waals surface area contributed by atoms with E-state index in [0.717, 1.165) is 37.6 Å². The van der Waals surface area contributed by atoms with Crippen LogP contribution in [0.25, 0.3) is 0 Å². The number of piperidine rings is 1. The number of ether oxygens (including phenoxy) is 1. The van der Waals surface area contributed by atoms with Gasteiger partial charge < -0.3 is 19.4 Å². The molecular formula is C22H25F2N5O3S. The Hall–Kier alpha value is -3.08. The smallest absolute Gasteiger partial charge is 0.387 e. The molecule has 1 aliphatic rings. The standard InChI is InChI=1S/C22H25F2N5O3S/c1-15-8-10-28(11-9-15)21-26-27-22(29(21)13-18-3-2-12-31-18)33-14-19(30)25-16-4-6-17(7-5-16)32-20(23)24/h2-7,12,15,20H,8-11,13-14H2,1H3,(H,25,30).